The van der Waals surface area contributed by atoms with Crippen molar-refractivity contribution in [3.8, 4) is 0 Å². The Kier molecular flexibility index (Phi) is 5.07. The van der Waals surface area contributed by atoms with Crippen molar-refractivity contribution < 1.29 is 4.79 Å². The first kappa shape index (κ1) is 16.5. The molecule has 1 aliphatic rings. The van der Waals surface area contributed by atoms with Crippen LogP contribution in [0.4, 0.5) is 5.13 Å². The quantitative estimate of drug-likeness (QED) is 0.790. The largest absolute Gasteiger partial charge is 0.298 e. The van der Waals surface area contributed by atoms with Crippen molar-refractivity contribution in [2.45, 2.75) is 50.2 Å². The molecule has 0 saturated carbocycles. The smallest absolute Gasteiger partial charge is 0.257 e. The number of nitrogens with zero attached hydrogens (tertiary/aromatic N) is 1. The van der Waals surface area contributed by atoms with E-state index in [1.807, 2.05) is 24.3 Å². The van der Waals surface area contributed by atoms with Crippen LogP contribution in [0.15, 0.2) is 29.2 Å². The molecule has 1 amide bonds. The SMILES string of the molecule is CC(C)Sc1ccc(C(=O)Nc2nc3c(s2)C[C@@H](C)CC3)cc1. The molecule has 3 rings (SSSR count). The van der Waals surface area contributed by atoms with Gasteiger partial charge in [-0.1, -0.05) is 20.8 Å². The number of hydrogen-bond donors (Lipinski definition) is 1. The van der Waals surface area contributed by atoms with Gasteiger partial charge in [0.15, 0.2) is 5.13 Å². The lowest BCUT2D eigenvalue weighted by Gasteiger charge is -2.15. The Labute approximate surface area is 145 Å². The highest BCUT2D eigenvalue weighted by molar-refractivity contribution is 7.99. The number of benzene rings is 1. The fourth-order valence-corrected chi connectivity index (χ4v) is 4.72. The first-order valence-electron chi connectivity index (χ1n) is 8.08. The van der Waals surface area contributed by atoms with Crippen LogP contribution >= 0.6 is 23.1 Å². The third-order valence-electron chi connectivity index (χ3n) is 3.89. The molecule has 23 heavy (non-hydrogen) atoms. The van der Waals surface area contributed by atoms with Gasteiger partial charge in [-0.2, -0.15) is 0 Å². The van der Waals surface area contributed by atoms with Crippen LogP contribution in [0.2, 0.25) is 0 Å². The molecule has 0 bridgehead atoms. The first-order chi connectivity index (χ1) is 11.0. The molecule has 0 spiro atoms. The van der Waals surface area contributed by atoms with Gasteiger partial charge in [-0.05, 0) is 49.4 Å². The number of rotatable bonds is 4. The minimum atomic E-state index is -0.0785. The van der Waals surface area contributed by atoms with E-state index in [0.29, 0.717) is 10.8 Å². The lowest BCUT2D eigenvalue weighted by Crippen LogP contribution is -2.12. The lowest BCUT2D eigenvalue weighted by atomic mass is 9.93. The minimum Gasteiger partial charge on any atom is -0.298 e. The Morgan fingerprint density at radius 1 is 1.35 bits per heavy atom. The van der Waals surface area contributed by atoms with Crippen LogP contribution in [0, 0.1) is 5.92 Å². The summed E-state index contributed by atoms with van der Waals surface area (Å²) in [4.78, 5) is 19.5. The van der Waals surface area contributed by atoms with Gasteiger partial charge in [0.05, 0.1) is 5.69 Å². The van der Waals surface area contributed by atoms with E-state index >= 15 is 0 Å². The van der Waals surface area contributed by atoms with Gasteiger partial charge in [-0.25, -0.2) is 4.98 Å². The maximum atomic E-state index is 12.4. The number of anilines is 1. The fraction of sp³-hybridized carbons (Fsp3) is 0.444. The number of thiazole rings is 1. The van der Waals surface area contributed by atoms with Crippen LogP contribution < -0.4 is 5.32 Å². The molecular formula is C18H22N2OS2. The van der Waals surface area contributed by atoms with Gasteiger partial charge in [0.25, 0.3) is 5.91 Å². The number of aryl methyl sites for hydroxylation is 1. The van der Waals surface area contributed by atoms with E-state index in [2.05, 4.69) is 31.1 Å². The van der Waals surface area contributed by atoms with Crippen LogP contribution in [0.1, 0.15) is 48.1 Å². The van der Waals surface area contributed by atoms with Gasteiger partial charge < -0.3 is 0 Å². The molecule has 0 fully saturated rings. The van der Waals surface area contributed by atoms with Crippen molar-refractivity contribution in [1.82, 2.24) is 4.98 Å². The molecule has 3 nitrogen and oxygen atoms in total. The minimum absolute atomic E-state index is 0.0785. The van der Waals surface area contributed by atoms with Gasteiger partial charge in [-0.15, -0.1) is 23.1 Å². The Morgan fingerprint density at radius 3 is 2.78 bits per heavy atom. The van der Waals surface area contributed by atoms with Crippen molar-refractivity contribution in [3.63, 3.8) is 0 Å². The summed E-state index contributed by atoms with van der Waals surface area (Å²) >= 11 is 3.43. The Bertz CT molecular complexity index is 692. The molecule has 1 aromatic carbocycles. The number of nitrogens with one attached hydrogen (secondary N) is 1. The number of carbonyl (C=O) groups excluding carboxylic acids is 1. The molecule has 1 N–H and O–H groups in total. The van der Waals surface area contributed by atoms with Crippen LogP contribution in [0.25, 0.3) is 0 Å². The molecule has 0 radical (unpaired) electrons. The molecular weight excluding hydrogens is 324 g/mol. The van der Waals surface area contributed by atoms with Crippen LogP contribution in [0.3, 0.4) is 0 Å². The Balaban J connectivity index is 1.67. The molecule has 5 heteroatoms. The summed E-state index contributed by atoms with van der Waals surface area (Å²) in [7, 11) is 0. The van der Waals surface area contributed by atoms with Gasteiger partial charge in [0, 0.05) is 20.6 Å². The summed E-state index contributed by atoms with van der Waals surface area (Å²) < 4.78 is 0. The summed E-state index contributed by atoms with van der Waals surface area (Å²) in [6.07, 6.45) is 3.31. The van der Waals surface area contributed by atoms with Crippen LogP contribution in [-0.4, -0.2) is 16.1 Å². The van der Waals surface area contributed by atoms with Crippen molar-refractivity contribution in [2.24, 2.45) is 5.92 Å². The summed E-state index contributed by atoms with van der Waals surface area (Å²) in [5.41, 5.74) is 1.85. The predicted octanol–water partition coefficient (Wildman–Crippen LogP) is 5.02. The number of fused-ring (bicyclic) bond motifs is 1. The molecule has 0 saturated heterocycles. The van der Waals surface area contributed by atoms with Crippen LogP contribution in [-0.2, 0) is 12.8 Å². The fourth-order valence-electron chi connectivity index (χ4n) is 2.72. The van der Waals surface area contributed by atoms with Crippen molar-refractivity contribution >= 4 is 34.1 Å². The molecule has 1 atom stereocenters. The topological polar surface area (TPSA) is 42.0 Å². The zero-order chi connectivity index (χ0) is 16.4. The second kappa shape index (κ2) is 7.05. The van der Waals surface area contributed by atoms with Crippen LogP contribution in [0.5, 0.6) is 0 Å². The number of hydrogen-bond acceptors (Lipinski definition) is 4. The van der Waals surface area contributed by atoms with Gasteiger partial charge >= 0.3 is 0 Å². The average molecular weight is 347 g/mol. The zero-order valence-electron chi connectivity index (χ0n) is 13.8. The molecule has 1 aromatic heterocycles. The van der Waals surface area contributed by atoms with E-state index in [0.717, 1.165) is 23.9 Å². The van der Waals surface area contributed by atoms with Crippen molar-refractivity contribution in [2.75, 3.05) is 5.32 Å². The van der Waals surface area contributed by atoms with Crippen molar-refractivity contribution in [1.29, 1.82) is 0 Å². The molecule has 2 aromatic rings. The monoisotopic (exact) mass is 346 g/mol. The summed E-state index contributed by atoms with van der Waals surface area (Å²) in [6.45, 7) is 6.60. The second-order valence-corrected chi connectivity index (χ2v) is 9.12. The third kappa shape index (κ3) is 4.15. The highest BCUT2D eigenvalue weighted by atomic mass is 32.2. The average Bonchev–Trinajstić information content (AvgIpc) is 2.88. The van der Waals surface area contributed by atoms with E-state index in [-0.39, 0.29) is 5.91 Å². The third-order valence-corrected chi connectivity index (χ3v) is 5.95. The van der Waals surface area contributed by atoms with E-state index < -0.39 is 0 Å². The van der Waals surface area contributed by atoms with Gasteiger partial charge in [0.2, 0.25) is 0 Å². The molecule has 1 heterocycles. The Morgan fingerprint density at radius 2 is 2.09 bits per heavy atom. The summed E-state index contributed by atoms with van der Waals surface area (Å²) in [5, 5.41) is 4.22. The normalized spacial score (nSPS) is 17.1. The number of amides is 1. The predicted molar refractivity (Wildman–Crippen MR) is 98.7 cm³/mol. The van der Waals surface area contributed by atoms with Gasteiger partial charge in [0.1, 0.15) is 0 Å². The lowest BCUT2D eigenvalue weighted by molar-refractivity contribution is 0.102. The van der Waals surface area contributed by atoms with Crippen molar-refractivity contribution in [3.05, 3.63) is 40.4 Å². The highest BCUT2D eigenvalue weighted by Gasteiger charge is 2.20. The molecule has 122 valence electrons. The van der Waals surface area contributed by atoms with E-state index in [1.165, 1.54) is 21.9 Å². The maximum Gasteiger partial charge on any atom is 0.257 e. The first-order valence-corrected chi connectivity index (χ1v) is 9.77. The highest BCUT2D eigenvalue weighted by Crippen LogP contribution is 2.32. The molecule has 0 unspecified atom stereocenters. The second-order valence-electron chi connectivity index (χ2n) is 6.38. The number of carbonyl (C=O) groups is 1. The molecule has 1 aliphatic carbocycles. The van der Waals surface area contributed by atoms with E-state index in [9.17, 15) is 4.79 Å². The van der Waals surface area contributed by atoms with E-state index in [4.69, 9.17) is 0 Å². The van der Waals surface area contributed by atoms with Gasteiger partial charge in [-0.3, -0.25) is 10.1 Å². The number of aromatic nitrogens is 1. The summed E-state index contributed by atoms with van der Waals surface area (Å²) in [5.74, 6) is 0.641. The zero-order valence-corrected chi connectivity index (χ0v) is 15.4. The molecule has 0 aliphatic heterocycles. The Hall–Kier alpha value is -1.33. The standard InChI is InChI=1S/C18H22N2OS2/c1-11(2)22-14-7-5-13(6-8-14)17(21)20-18-19-15-9-4-12(3)10-16(15)23-18/h5-8,11-12H,4,9-10H2,1-3H3,(H,19,20,21)/t12-/m0/s1. The number of thioether (sulfide) groups is 1. The summed E-state index contributed by atoms with van der Waals surface area (Å²) in [6, 6.07) is 7.79. The maximum absolute atomic E-state index is 12.4. The van der Waals surface area contributed by atoms with E-state index in [1.54, 1.807) is 23.1 Å².